The molecule has 0 amide bonds. The summed E-state index contributed by atoms with van der Waals surface area (Å²) in [5.74, 6) is 0. The van der Waals surface area contributed by atoms with Gasteiger partial charge in [0.15, 0.2) is 0 Å². The second kappa shape index (κ2) is 17.1. The van der Waals surface area contributed by atoms with Crippen molar-refractivity contribution in [3.63, 3.8) is 0 Å². The largest absolute Gasteiger partial charge is 2.00 e. The zero-order chi connectivity index (χ0) is 7.15. The summed E-state index contributed by atoms with van der Waals surface area (Å²) in [5, 5.41) is 0. The molecule has 0 saturated heterocycles. The van der Waals surface area contributed by atoms with Crippen molar-refractivity contribution in [2.24, 2.45) is 0 Å². The summed E-state index contributed by atoms with van der Waals surface area (Å²) < 4.78 is 51.1. The Labute approximate surface area is 96.9 Å². The van der Waals surface area contributed by atoms with Gasteiger partial charge < -0.3 is 30.7 Å². The van der Waals surface area contributed by atoms with Gasteiger partial charge in [0.2, 0.25) is 29.6 Å². The summed E-state index contributed by atoms with van der Waals surface area (Å²) in [5.41, 5.74) is 0. The van der Waals surface area contributed by atoms with Crippen molar-refractivity contribution in [3.8, 4) is 0 Å². The third-order valence-electron chi connectivity index (χ3n) is 0. The smallest absolute Gasteiger partial charge is 0.412 e. The molecule has 60 valence electrons. The maximum atomic E-state index is 8.52. The normalized spacial score (nSPS) is 7.20. The van der Waals surface area contributed by atoms with Crippen LogP contribution >= 0.6 is 0 Å². The van der Waals surface area contributed by atoms with Crippen LogP contribution in [0, 0.1) is 29.6 Å². The number of halogens is 2. The van der Waals surface area contributed by atoms with Crippen molar-refractivity contribution >= 4 is 37.7 Å². The molecule has 0 heterocycles. The number of rotatable bonds is 0. The number of hydrogen-bond donors (Lipinski definition) is 0. The van der Waals surface area contributed by atoms with E-state index < -0.39 is 29.6 Å². The standard InChI is InChI=1S/2BrO3.Ca.H2O/c2*2-1(3)4;;/h;;;1H2/q2*-1;+2;. The molecule has 10 heteroatoms. The molecule has 7 nitrogen and oxygen atoms in total. The van der Waals surface area contributed by atoms with Gasteiger partial charge in [0, 0.05) is 0 Å². The quantitative estimate of drug-likeness (QED) is 0.402. The third-order valence-corrected chi connectivity index (χ3v) is 0. The van der Waals surface area contributed by atoms with Gasteiger partial charge in [-0.3, -0.25) is 0 Å². The minimum Gasteiger partial charge on any atom is -0.412 e. The van der Waals surface area contributed by atoms with Gasteiger partial charge in [0.25, 0.3) is 0 Å². The zero-order valence-electron chi connectivity index (χ0n) is 4.41. The van der Waals surface area contributed by atoms with Gasteiger partial charge in [-0.05, 0) is 0 Å². The predicted molar refractivity (Wildman–Crippen MR) is 9.37 cm³/mol. The first-order valence-corrected chi connectivity index (χ1v) is 4.81. The average Bonchev–Trinajstić information content (AvgIpc) is 1.25. The van der Waals surface area contributed by atoms with Gasteiger partial charge in [-0.1, -0.05) is 0 Å². The summed E-state index contributed by atoms with van der Waals surface area (Å²) in [4.78, 5) is 0. The molecule has 0 aliphatic rings. The van der Waals surface area contributed by atoms with Crippen molar-refractivity contribution in [1.29, 1.82) is 0 Å². The van der Waals surface area contributed by atoms with E-state index >= 15 is 0 Å². The van der Waals surface area contributed by atoms with E-state index in [0.717, 1.165) is 0 Å². The molecule has 0 aliphatic heterocycles. The van der Waals surface area contributed by atoms with E-state index in [2.05, 4.69) is 0 Å². The summed E-state index contributed by atoms with van der Waals surface area (Å²) in [6.45, 7) is 0. The Bertz CT molecular complexity index is 27.1. The molecule has 0 bridgehead atoms. The first-order chi connectivity index (χ1) is 3.46. The fraction of sp³-hybridized carbons (Fsp3) is 0. The monoisotopic (exact) mass is 312 g/mol. The molecule has 0 radical (unpaired) electrons. The van der Waals surface area contributed by atoms with Crippen LogP contribution in [0.15, 0.2) is 0 Å². The van der Waals surface area contributed by atoms with Crippen LogP contribution in [0.5, 0.6) is 0 Å². The van der Waals surface area contributed by atoms with Crippen molar-refractivity contribution in [1.82, 2.24) is 0 Å². The van der Waals surface area contributed by atoms with E-state index in [4.69, 9.17) is 25.2 Å². The van der Waals surface area contributed by atoms with Crippen LogP contribution in [-0.2, 0) is 0 Å². The topological polar surface area (TPSA) is 170 Å². The van der Waals surface area contributed by atoms with Gasteiger partial charge in [0.05, 0.1) is 0 Å². The van der Waals surface area contributed by atoms with Gasteiger partial charge >= 0.3 is 37.7 Å². The fourth-order valence-electron chi connectivity index (χ4n) is 0. The summed E-state index contributed by atoms with van der Waals surface area (Å²) in [7, 11) is 0. The Morgan fingerprint density at radius 3 is 0.600 bits per heavy atom. The van der Waals surface area contributed by atoms with Crippen molar-refractivity contribution < 1.29 is 60.3 Å². The molecule has 0 unspecified atom stereocenters. The molecule has 0 rings (SSSR count). The van der Waals surface area contributed by atoms with Crippen LogP contribution in [0.1, 0.15) is 0 Å². The van der Waals surface area contributed by atoms with Crippen LogP contribution in [0.25, 0.3) is 0 Å². The minimum absolute atomic E-state index is 0. The van der Waals surface area contributed by atoms with Gasteiger partial charge in [-0.25, -0.2) is 0 Å². The van der Waals surface area contributed by atoms with Gasteiger partial charge in [0.1, 0.15) is 0 Å². The molecule has 0 aromatic carbocycles. The van der Waals surface area contributed by atoms with E-state index in [0.29, 0.717) is 0 Å². The zero-order valence-corrected chi connectivity index (χ0v) is 9.79. The first kappa shape index (κ1) is 22.7. The maximum Gasteiger partial charge on any atom is 2.00 e. The van der Waals surface area contributed by atoms with E-state index in [1.54, 1.807) is 0 Å². The molecule has 0 aliphatic carbocycles. The Hall–Kier alpha value is 1.94. The van der Waals surface area contributed by atoms with Crippen LogP contribution in [0.3, 0.4) is 0 Å². The van der Waals surface area contributed by atoms with Crippen molar-refractivity contribution in [2.75, 3.05) is 0 Å². The molecular formula is H2Br2CaO7. The predicted octanol–water partition coefficient (Wildman–Crippen LogP) is -8.34. The molecule has 0 saturated carbocycles. The second-order valence-electron chi connectivity index (χ2n) is 0.378. The molecule has 0 spiro atoms. The van der Waals surface area contributed by atoms with E-state index in [1.807, 2.05) is 0 Å². The molecule has 10 heavy (non-hydrogen) atoms. The Morgan fingerprint density at radius 1 is 0.600 bits per heavy atom. The Kier molecular flexibility index (Phi) is 38.9. The molecule has 0 aromatic heterocycles. The Balaban J connectivity index is -0.0000000300. The summed E-state index contributed by atoms with van der Waals surface area (Å²) >= 11 is -7.29. The summed E-state index contributed by atoms with van der Waals surface area (Å²) in [6.07, 6.45) is 0. The van der Waals surface area contributed by atoms with Gasteiger partial charge in [-0.2, -0.15) is 0 Å². The van der Waals surface area contributed by atoms with Crippen molar-refractivity contribution in [2.45, 2.75) is 0 Å². The first-order valence-electron chi connectivity index (χ1n) is 0.926. The summed E-state index contributed by atoms with van der Waals surface area (Å²) in [6, 6.07) is 0. The molecule has 0 aromatic rings. The van der Waals surface area contributed by atoms with E-state index in [9.17, 15) is 0 Å². The average molecular weight is 314 g/mol. The molecule has 0 fully saturated rings. The van der Waals surface area contributed by atoms with Crippen LogP contribution in [0.4, 0.5) is 0 Å². The SMILES string of the molecule is O.[Ca+2].[O-][Br+2]([O-])[O-].[O-][Br+2]([O-])[O-]. The van der Waals surface area contributed by atoms with Crippen LogP contribution < -0.4 is 25.2 Å². The maximum absolute atomic E-state index is 8.52. The van der Waals surface area contributed by atoms with Crippen molar-refractivity contribution in [3.05, 3.63) is 0 Å². The third kappa shape index (κ3) is 211. The van der Waals surface area contributed by atoms with Gasteiger partial charge in [-0.15, -0.1) is 0 Å². The van der Waals surface area contributed by atoms with E-state index in [-0.39, 0.29) is 43.2 Å². The molecular weight excluding hydrogens is 312 g/mol. The number of hydrogen-bond acceptors (Lipinski definition) is 6. The molecule has 0 atom stereocenters. The fourth-order valence-corrected chi connectivity index (χ4v) is 0. The minimum atomic E-state index is -3.65. The van der Waals surface area contributed by atoms with Crippen LogP contribution in [0.2, 0.25) is 0 Å². The second-order valence-corrected chi connectivity index (χ2v) is 1.96. The van der Waals surface area contributed by atoms with Crippen LogP contribution in [-0.4, -0.2) is 43.2 Å². The Morgan fingerprint density at radius 2 is 0.600 bits per heavy atom. The van der Waals surface area contributed by atoms with E-state index in [1.165, 1.54) is 0 Å². The molecule has 2 N–H and O–H groups in total.